The number of nitrogens with two attached hydrogens (primary N) is 1. The zero-order chi connectivity index (χ0) is 22.0. The highest BCUT2D eigenvalue weighted by molar-refractivity contribution is 5.89. The average molecular weight is 424 g/mol. The van der Waals surface area contributed by atoms with Crippen LogP contribution in [-0.4, -0.2) is 70.3 Å². The molecule has 10 nitrogen and oxygen atoms in total. The summed E-state index contributed by atoms with van der Waals surface area (Å²) in [6, 6.07) is 7.66. The Morgan fingerprint density at radius 2 is 1.71 bits per heavy atom. The molecule has 3 N–H and O–H groups in total. The fourth-order valence-corrected chi connectivity index (χ4v) is 3.68. The largest absolute Gasteiger partial charge is 0.354 e. The molecule has 31 heavy (non-hydrogen) atoms. The van der Waals surface area contributed by atoms with Crippen LogP contribution in [0.25, 0.3) is 5.69 Å². The Bertz CT molecular complexity index is 1050. The van der Waals surface area contributed by atoms with Crippen LogP contribution in [-0.2, 0) is 4.79 Å². The molecule has 162 valence electrons. The molecule has 3 amide bonds. The maximum atomic E-state index is 12.6. The lowest BCUT2D eigenvalue weighted by molar-refractivity contribution is -0.138. The van der Waals surface area contributed by atoms with Gasteiger partial charge in [0.1, 0.15) is 12.1 Å². The van der Waals surface area contributed by atoms with Crippen LogP contribution < -0.4 is 16.7 Å². The van der Waals surface area contributed by atoms with Crippen molar-refractivity contribution in [3.05, 3.63) is 52.6 Å². The number of carbonyl (C=O) groups excluding carboxylic acids is 3. The number of nitrogens with zero attached hydrogens (tertiary/aromatic N) is 4. The van der Waals surface area contributed by atoms with Crippen molar-refractivity contribution in [2.45, 2.75) is 12.8 Å². The number of anilines is 1. The summed E-state index contributed by atoms with van der Waals surface area (Å²) in [6.07, 6.45) is 3.91. The van der Waals surface area contributed by atoms with Gasteiger partial charge in [0.05, 0.1) is 11.1 Å². The predicted molar refractivity (Wildman–Crippen MR) is 113 cm³/mol. The van der Waals surface area contributed by atoms with E-state index in [1.165, 1.54) is 16.8 Å². The standard InChI is InChI=1S/C21H24N6O4/c22-14-21(6-7-21)18(29)25-9-11-26(12-10-25)19(30)23-17-5-8-27(20(31)24-17)16-3-1-15(13-28)2-4-16/h1-5,8,13H,6-7,9-12,14,22H2,(H,23,24,30,31). The van der Waals surface area contributed by atoms with E-state index in [1.807, 2.05) is 0 Å². The average Bonchev–Trinajstić information content (AvgIpc) is 3.60. The first-order valence-corrected chi connectivity index (χ1v) is 10.2. The zero-order valence-electron chi connectivity index (χ0n) is 17.0. The topological polar surface area (TPSA) is 131 Å². The SMILES string of the molecule is NCC1(C(=O)N2CCN(C(=O)Nc3ccn(-c4ccc(C=O)cc4)c(=O)n3)CC2)CC1. The number of aromatic nitrogens is 2. The van der Waals surface area contributed by atoms with Crippen LogP contribution in [0.15, 0.2) is 41.3 Å². The van der Waals surface area contributed by atoms with Crippen molar-refractivity contribution in [2.24, 2.45) is 11.1 Å². The molecule has 0 radical (unpaired) electrons. The van der Waals surface area contributed by atoms with Gasteiger partial charge < -0.3 is 15.5 Å². The van der Waals surface area contributed by atoms with Crippen LogP contribution in [0.1, 0.15) is 23.2 Å². The summed E-state index contributed by atoms with van der Waals surface area (Å²) in [5, 5.41) is 2.64. The van der Waals surface area contributed by atoms with Gasteiger partial charge in [-0.3, -0.25) is 19.5 Å². The van der Waals surface area contributed by atoms with Gasteiger partial charge >= 0.3 is 11.7 Å². The molecule has 2 fully saturated rings. The lowest BCUT2D eigenvalue weighted by Gasteiger charge is -2.36. The Morgan fingerprint density at radius 3 is 2.26 bits per heavy atom. The van der Waals surface area contributed by atoms with Gasteiger partial charge in [0, 0.05) is 44.5 Å². The van der Waals surface area contributed by atoms with Gasteiger partial charge in [0.15, 0.2) is 0 Å². The van der Waals surface area contributed by atoms with Gasteiger partial charge in [0.25, 0.3) is 0 Å². The van der Waals surface area contributed by atoms with E-state index < -0.39 is 5.69 Å². The summed E-state index contributed by atoms with van der Waals surface area (Å²) in [7, 11) is 0. The second-order valence-electron chi connectivity index (χ2n) is 7.87. The maximum Gasteiger partial charge on any atom is 0.354 e. The van der Waals surface area contributed by atoms with Crippen molar-refractivity contribution in [1.82, 2.24) is 19.4 Å². The van der Waals surface area contributed by atoms with Crippen LogP contribution in [0.2, 0.25) is 0 Å². The molecule has 1 saturated carbocycles. The Morgan fingerprint density at radius 1 is 1.06 bits per heavy atom. The second kappa shape index (κ2) is 8.31. The van der Waals surface area contributed by atoms with Gasteiger partial charge in [-0.15, -0.1) is 0 Å². The van der Waals surface area contributed by atoms with Crippen LogP contribution >= 0.6 is 0 Å². The quantitative estimate of drug-likeness (QED) is 0.671. The predicted octanol–water partition coefficient (Wildman–Crippen LogP) is 0.460. The lowest BCUT2D eigenvalue weighted by Crippen LogP contribution is -2.54. The van der Waals surface area contributed by atoms with Crippen LogP contribution in [0.4, 0.5) is 10.6 Å². The number of benzene rings is 1. The fraction of sp³-hybridized carbons (Fsp3) is 0.381. The summed E-state index contributed by atoms with van der Waals surface area (Å²) in [6.45, 7) is 2.08. The minimum Gasteiger partial charge on any atom is -0.339 e. The van der Waals surface area contributed by atoms with Crippen LogP contribution in [0.3, 0.4) is 0 Å². The van der Waals surface area contributed by atoms with E-state index >= 15 is 0 Å². The Balaban J connectivity index is 1.35. The summed E-state index contributed by atoms with van der Waals surface area (Å²) in [4.78, 5) is 55.5. The first-order valence-electron chi connectivity index (χ1n) is 10.2. The first kappa shape index (κ1) is 20.7. The molecule has 2 aliphatic rings. The molecule has 2 aromatic rings. The maximum absolute atomic E-state index is 12.6. The molecule has 0 spiro atoms. The molecule has 1 aliphatic heterocycles. The summed E-state index contributed by atoms with van der Waals surface area (Å²) < 4.78 is 1.32. The molecule has 2 heterocycles. The smallest absolute Gasteiger partial charge is 0.339 e. The summed E-state index contributed by atoms with van der Waals surface area (Å²) >= 11 is 0. The number of aldehydes is 1. The molecule has 10 heteroatoms. The number of carbonyl (C=O) groups is 3. The van der Waals surface area contributed by atoms with E-state index in [0.29, 0.717) is 44.0 Å². The Kier molecular flexibility index (Phi) is 5.55. The van der Waals surface area contributed by atoms with Crippen molar-refractivity contribution in [3.63, 3.8) is 0 Å². The molecule has 0 unspecified atom stereocenters. The monoisotopic (exact) mass is 424 g/mol. The van der Waals surface area contributed by atoms with Gasteiger partial charge in [-0.05, 0) is 43.2 Å². The number of amides is 3. The molecule has 0 atom stereocenters. The molecule has 1 saturated heterocycles. The van der Waals surface area contributed by atoms with E-state index in [9.17, 15) is 19.2 Å². The van der Waals surface area contributed by atoms with Crippen molar-refractivity contribution in [1.29, 1.82) is 0 Å². The summed E-state index contributed by atoms with van der Waals surface area (Å²) in [5.74, 6) is 0.232. The highest BCUT2D eigenvalue weighted by Crippen LogP contribution is 2.46. The Hall–Kier alpha value is -3.53. The minimum absolute atomic E-state index is 0.0847. The zero-order valence-corrected chi connectivity index (χ0v) is 17.0. The van der Waals surface area contributed by atoms with Crippen LogP contribution in [0, 0.1) is 5.41 Å². The van der Waals surface area contributed by atoms with E-state index in [4.69, 9.17) is 5.73 Å². The van der Waals surface area contributed by atoms with Crippen LogP contribution in [0.5, 0.6) is 0 Å². The lowest BCUT2D eigenvalue weighted by atomic mass is 10.1. The molecule has 1 aromatic carbocycles. The Labute approximate surface area is 178 Å². The van der Waals surface area contributed by atoms with Crippen molar-refractivity contribution >= 4 is 24.0 Å². The third-order valence-corrected chi connectivity index (χ3v) is 5.90. The number of nitrogens with one attached hydrogen (secondary N) is 1. The second-order valence-corrected chi connectivity index (χ2v) is 7.87. The first-order chi connectivity index (χ1) is 15.0. The van der Waals surface area contributed by atoms with Crippen molar-refractivity contribution in [2.75, 3.05) is 38.0 Å². The normalized spacial score (nSPS) is 17.2. The molecule has 4 rings (SSSR count). The third-order valence-electron chi connectivity index (χ3n) is 5.90. The fourth-order valence-electron chi connectivity index (χ4n) is 3.68. The highest BCUT2D eigenvalue weighted by Gasteiger charge is 2.50. The molecule has 0 bridgehead atoms. The molecule has 1 aromatic heterocycles. The van der Waals surface area contributed by atoms with Gasteiger partial charge in [-0.1, -0.05) is 0 Å². The highest BCUT2D eigenvalue weighted by atomic mass is 16.2. The van der Waals surface area contributed by atoms with Crippen molar-refractivity contribution < 1.29 is 14.4 Å². The van der Waals surface area contributed by atoms with Crippen molar-refractivity contribution in [3.8, 4) is 5.69 Å². The van der Waals surface area contributed by atoms with Gasteiger partial charge in [0.2, 0.25) is 5.91 Å². The van der Waals surface area contributed by atoms with E-state index in [2.05, 4.69) is 10.3 Å². The third kappa shape index (κ3) is 4.19. The van der Waals surface area contributed by atoms with Gasteiger partial charge in [-0.2, -0.15) is 4.98 Å². The minimum atomic E-state index is -0.552. The summed E-state index contributed by atoms with van der Waals surface area (Å²) in [5.41, 5.74) is 5.87. The number of rotatable bonds is 5. The van der Waals surface area contributed by atoms with Gasteiger partial charge in [-0.25, -0.2) is 9.59 Å². The number of hydrogen-bond donors (Lipinski definition) is 2. The molecule has 1 aliphatic carbocycles. The number of piperazine rings is 1. The molecular formula is C21H24N6O4. The van der Waals surface area contributed by atoms with E-state index in [-0.39, 0.29) is 23.2 Å². The van der Waals surface area contributed by atoms with E-state index in [1.54, 1.807) is 34.1 Å². The molecular weight excluding hydrogens is 400 g/mol. The number of urea groups is 1. The number of hydrogen-bond acceptors (Lipinski definition) is 6. The van der Waals surface area contributed by atoms with E-state index in [0.717, 1.165) is 19.1 Å².